The van der Waals surface area contributed by atoms with E-state index in [2.05, 4.69) is 10.3 Å². The summed E-state index contributed by atoms with van der Waals surface area (Å²) in [5, 5.41) is 8.09. The van der Waals surface area contributed by atoms with Gasteiger partial charge in [0.2, 0.25) is 11.8 Å². The van der Waals surface area contributed by atoms with Crippen LogP contribution in [0.2, 0.25) is 0 Å². The molecule has 3 heterocycles. The third-order valence-electron chi connectivity index (χ3n) is 8.45. The van der Waals surface area contributed by atoms with Gasteiger partial charge in [0, 0.05) is 19.6 Å². The van der Waals surface area contributed by atoms with Gasteiger partial charge >= 0.3 is 6.18 Å². The van der Waals surface area contributed by atoms with Gasteiger partial charge < -0.3 is 9.80 Å². The Morgan fingerprint density at radius 3 is 2.15 bits per heavy atom. The molecule has 0 aliphatic carbocycles. The number of likely N-dealkylation sites (tertiary alicyclic amines) is 2. The SMILES string of the molecule is O=C(CN1CCCC(c2ccccc2)(c2ccccc2)C1=O)N1CCC(n2nnc3cc(C(F)(F)F)ccc32)CC1. The van der Waals surface area contributed by atoms with Gasteiger partial charge in [0.05, 0.1) is 29.1 Å². The van der Waals surface area contributed by atoms with E-state index in [0.29, 0.717) is 44.4 Å². The molecule has 1 aromatic heterocycles. The summed E-state index contributed by atoms with van der Waals surface area (Å²) >= 11 is 0. The van der Waals surface area contributed by atoms with Crippen LogP contribution in [0.1, 0.15) is 48.4 Å². The van der Waals surface area contributed by atoms with E-state index in [1.54, 1.807) is 14.5 Å². The monoisotopic (exact) mass is 561 g/mol. The van der Waals surface area contributed by atoms with Crippen molar-refractivity contribution in [3.8, 4) is 0 Å². The summed E-state index contributed by atoms with van der Waals surface area (Å²) in [6.45, 7) is 1.47. The van der Waals surface area contributed by atoms with Crippen LogP contribution in [0.15, 0.2) is 78.9 Å². The number of amides is 2. The molecule has 41 heavy (non-hydrogen) atoms. The lowest BCUT2D eigenvalue weighted by Crippen LogP contribution is -2.55. The lowest BCUT2D eigenvalue weighted by Gasteiger charge is -2.43. The number of alkyl halides is 3. The van der Waals surface area contributed by atoms with Crippen molar-refractivity contribution < 1.29 is 22.8 Å². The molecule has 2 aliphatic heterocycles. The van der Waals surface area contributed by atoms with Gasteiger partial charge in [0.25, 0.3) is 0 Å². The van der Waals surface area contributed by atoms with Gasteiger partial charge in [-0.1, -0.05) is 65.9 Å². The van der Waals surface area contributed by atoms with E-state index in [4.69, 9.17) is 0 Å². The lowest BCUT2D eigenvalue weighted by atomic mass is 9.68. The van der Waals surface area contributed by atoms with E-state index in [9.17, 15) is 22.8 Å². The maximum Gasteiger partial charge on any atom is 0.416 e. The Bertz CT molecular complexity index is 1510. The van der Waals surface area contributed by atoms with Crippen LogP contribution >= 0.6 is 0 Å². The highest BCUT2D eigenvalue weighted by molar-refractivity contribution is 5.95. The van der Waals surface area contributed by atoms with E-state index in [1.165, 1.54) is 6.07 Å². The first kappa shape index (κ1) is 27.0. The molecule has 2 saturated heterocycles. The third kappa shape index (κ3) is 4.96. The molecular weight excluding hydrogens is 531 g/mol. The molecule has 0 unspecified atom stereocenters. The Kier molecular flexibility index (Phi) is 7.01. The third-order valence-corrected chi connectivity index (χ3v) is 8.45. The highest BCUT2D eigenvalue weighted by atomic mass is 19.4. The van der Waals surface area contributed by atoms with Crippen molar-refractivity contribution in [2.75, 3.05) is 26.2 Å². The first-order chi connectivity index (χ1) is 19.8. The van der Waals surface area contributed by atoms with Crippen molar-refractivity contribution >= 4 is 22.8 Å². The Balaban J connectivity index is 1.15. The van der Waals surface area contributed by atoms with E-state index >= 15 is 0 Å². The van der Waals surface area contributed by atoms with Crippen molar-refractivity contribution in [3.63, 3.8) is 0 Å². The van der Waals surface area contributed by atoms with Crippen molar-refractivity contribution in [1.29, 1.82) is 0 Å². The van der Waals surface area contributed by atoms with Crippen LogP contribution in [0.5, 0.6) is 0 Å². The van der Waals surface area contributed by atoms with Crippen LogP contribution in [0.3, 0.4) is 0 Å². The van der Waals surface area contributed by atoms with Gasteiger partial charge in [-0.05, 0) is 55.0 Å². The molecule has 2 amide bonds. The van der Waals surface area contributed by atoms with E-state index in [1.807, 2.05) is 60.7 Å². The predicted octanol–water partition coefficient (Wildman–Crippen LogP) is 5.22. The number of halogens is 3. The quantitative estimate of drug-likeness (QED) is 0.335. The first-order valence-electron chi connectivity index (χ1n) is 13.9. The second kappa shape index (κ2) is 10.6. The van der Waals surface area contributed by atoms with Gasteiger partial charge in [-0.3, -0.25) is 9.59 Å². The molecule has 10 heteroatoms. The molecule has 0 radical (unpaired) electrons. The van der Waals surface area contributed by atoms with Crippen LogP contribution in [0.25, 0.3) is 11.0 Å². The fourth-order valence-electron chi connectivity index (χ4n) is 6.32. The van der Waals surface area contributed by atoms with Crippen LogP contribution < -0.4 is 0 Å². The Morgan fingerprint density at radius 2 is 1.54 bits per heavy atom. The van der Waals surface area contributed by atoms with Gasteiger partial charge in [-0.15, -0.1) is 5.10 Å². The Morgan fingerprint density at radius 1 is 0.902 bits per heavy atom. The summed E-state index contributed by atoms with van der Waals surface area (Å²) in [6, 6.07) is 22.9. The number of aromatic nitrogens is 3. The molecule has 2 fully saturated rings. The standard InChI is InChI=1S/C31H30F3N5O2/c32-31(33,34)24-12-13-27-26(20-24)35-36-39(27)25-14-18-37(19-15-25)28(40)21-38-17-7-16-30(29(38)41,22-8-3-1-4-9-22)23-10-5-2-6-11-23/h1-6,8-13,20,25H,7,14-19,21H2. The molecule has 6 rings (SSSR count). The van der Waals surface area contributed by atoms with E-state index in [-0.39, 0.29) is 29.9 Å². The summed E-state index contributed by atoms with van der Waals surface area (Å²) < 4.78 is 40.9. The fraction of sp³-hybridized carbons (Fsp3) is 0.355. The van der Waals surface area contributed by atoms with Crippen molar-refractivity contribution in [1.82, 2.24) is 24.8 Å². The zero-order valence-corrected chi connectivity index (χ0v) is 22.4. The predicted molar refractivity (Wildman–Crippen MR) is 147 cm³/mol. The molecule has 0 spiro atoms. The second-order valence-electron chi connectivity index (χ2n) is 10.8. The summed E-state index contributed by atoms with van der Waals surface area (Å²) in [6.07, 6.45) is -1.80. The van der Waals surface area contributed by atoms with Crippen molar-refractivity contribution in [3.05, 3.63) is 95.6 Å². The molecule has 0 bridgehead atoms. The number of carbonyl (C=O) groups is 2. The van der Waals surface area contributed by atoms with Gasteiger partial charge in [-0.25, -0.2) is 4.68 Å². The maximum absolute atomic E-state index is 14.2. The van der Waals surface area contributed by atoms with Crippen LogP contribution in [-0.4, -0.2) is 62.8 Å². The second-order valence-corrected chi connectivity index (χ2v) is 10.8. The minimum Gasteiger partial charge on any atom is -0.341 e. The number of carbonyl (C=O) groups excluding carboxylic acids is 2. The summed E-state index contributed by atoms with van der Waals surface area (Å²) in [7, 11) is 0. The van der Waals surface area contributed by atoms with E-state index < -0.39 is 17.2 Å². The van der Waals surface area contributed by atoms with Crippen molar-refractivity contribution in [2.45, 2.75) is 43.3 Å². The average molecular weight is 562 g/mol. The average Bonchev–Trinajstić information content (AvgIpc) is 3.42. The van der Waals surface area contributed by atoms with Gasteiger partial charge in [0.15, 0.2) is 0 Å². The van der Waals surface area contributed by atoms with Crippen LogP contribution in [0.4, 0.5) is 13.2 Å². The molecule has 0 saturated carbocycles. The minimum absolute atomic E-state index is 0.0113. The number of rotatable bonds is 5. The summed E-state index contributed by atoms with van der Waals surface area (Å²) in [4.78, 5) is 31.0. The van der Waals surface area contributed by atoms with Crippen LogP contribution in [0, 0.1) is 0 Å². The van der Waals surface area contributed by atoms with Gasteiger partial charge in [-0.2, -0.15) is 13.2 Å². The molecule has 4 aromatic rings. The number of hydrogen-bond acceptors (Lipinski definition) is 4. The zero-order chi connectivity index (χ0) is 28.6. The minimum atomic E-state index is -4.44. The topological polar surface area (TPSA) is 71.3 Å². The number of fused-ring (bicyclic) bond motifs is 1. The van der Waals surface area contributed by atoms with E-state index in [0.717, 1.165) is 29.7 Å². The number of benzene rings is 3. The smallest absolute Gasteiger partial charge is 0.341 e. The molecule has 212 valence electrons. The number of nitrogens with zero attached hydrogens (tertiary/aromatic N) is 5. The Hall–Kier alpha value is -4.21. The molecular formula is C31H30F3N5O2. The van der Waals surface area contributed by atoms with Crippen LogP contribution in [-0.2, 0) is 21.2 Å². The maximum atomic E-state index is 14.2. The largest absolute Gasteiger partial charge is 0.416 e. The fourth-order valence-corrected chi connectivity index (χ4v) is 6.32. The summed E-state index contributed by atoms with van der Waals surface area (Å²) in [5.41, 5.74) is 0.997. The summed E-state index contributed by atoms with van der Waals surface area (Å²) in [5.74, 6) is -0.163. The normalized spacial score (nSPS) is 18.2. The molecule has 2 aliphatic rings. The highest BCUT2D eigenvalue weighted by Crippen LogP contribution is 2.41. The first-order valence-corrected chi connectivity index (χ1v) is 13.9. The number of hydrogen-bond donors (Lipinski definition) is 0. The molecule has 7 nitrogen and oxygen atoms in total. The Labute approximate surface area is 235 Å². The number of piperidine rings is 2. The highest BCUT2D eigenvalue weighted by Gasteiger charge is 2.47. The molecule has 3 aromatic carbocycles. The molecule has 0 N–H and O–H groups in total. The lowest BCUT2D eigenvalue weighted by molar-refractivity contribution is -0.146. The molecule has 0 atom stereocenters. The van der Waals surface area contributed by atoms with Crippen molar-refractivity contribution in [2.24, 2.45) is 0 Å². The van der Waals surface area contributed by atoms with Gasteiger partial charge in [0.1, 0.15) is 5.52 Å². The zero-order valence-electron chi connectivity index (χ0n) is 22.4.